The van der Waals surface area contributed by atoms with Crippen LogP contribution in [0.2, 0.25) is 0 Å². The van der Waals surface area contributed by atoms with Crippen molar-refractivity contribution in [3.8, 4) is 11.5 Å². The van der Waals surface area contributed by atoms with E-state index >= 15 is 0 Å². The highest BCUT2D eigenvalue weighted by Crippen LogP contribution is 2.40. The molecule has 8 nitrogen and oxygen atoms in total. The maximum absolute atomic E-state index is 13.2. The minimum Gasteiger partial charge on any atom is -0.508 e. The number of benzene rings is 3. The van der Waals surface area contributed by atoms with E-state index in [0.29, 0.717) is 36.4 Å². The summed E-state index contributed by atoms with van der Waals surface area (Å²) in [5.74, 6) is -1.11. The lowest BCUT2D eigenvalue weighted by Gasteiger charge is -2.25. The number of aryl methyl sites for hydroxylation is 2. The predicted octanol–water partition coefficient (Wildman–Crippen LogP) is 4.99. The summed E-state index contributed by atoms with van der Waals surface area (Å²) in [7, 11) is 0. The fourth-order valence-corrected chi connectivity index (χ4v) is 4.83. The van der Waals surface area contributed by atoms with E-state index in [0.717, 1.165) is 11.1 Å². The minimum atomic E-state index is -0.836. The van der Waals surface area contributed by atoms with E-state index in [9.17, 15) is 19.8 Å². The van der Waals surface area contributed by atoms with Crippen LogP contribution in [0.3, 0.4) is 0 Å². The average Bonchev–Trinajstić information content (AvgIpc) is 3.54. The van der Waals surface area contributed by atoms with Crippen molar-refractivity contribution in [1.29, 1.82) is 0 Å². The van der Waals surface area contributed by atoms with Crippen molar-refractivity contribution in [3.05, 3.63) is 119 Å². The molecule has 39 heavy (non-hydrogen) atoms. The minimum absolute atomic E-state index is 0.00612. The van der Waals surface area contributed by atoms with Gasteiger partial charge in [-0.25, -0.2) is 4.98 Å². The second kappa shape index (κ2) is 11.3. The van der Waals surface area contributed by atoms with Crippen molar-refractivity contribution < 1.29 is 24.5 Å². The Labute approximate surface area is 226 Å². The summed E-state index contributed by atoms with van der Waals surface area (Å²) in [4.78, 5) is 31.9. The molecule has 0 aliphatic carbocycles. The van der Waals surface area contributed by atoms with Crippen molar-refractivity contribution in [2.75, 3.05) is 6.54 Å². The Balaban J connectivity index is 1.41. The lowest BCUT2D eigenvalue weighted by Crippen LogP contribution is -2.31. The number of carbonyl (C=O) groups is 2. The Morgan fingerprint density at radius 3 is 2.51 bits per heavy atom. The summed E-state index contributed by atoms with van der Waals surface area (Å²) in [6.07, 6.45) is 5.77. The average molecular weight is 524 g/mol. The molecule has 2 N–H and O–H groups in total. The number of hydrogen-bond acceptors (Lipinski definition) is 6. The van der Waals surface area contributed by atoms with Crippen molar-refractivity contribution in [3.63, 3.8) is 0 Å². The molecule has 0 radical (unpaired) electrons. The number of Topliss-reactive ketones (excluding diaryl/α,β-unsaturated/α-hetero) is 1. The molecule has 4 aromatic rings. The SMILES string of the molecule is Cc1cccc(COc2ccc(/C(O)=C3\C(=O)C(=O)N(CCCn4ccnc4)C3c3cccc(O)c3)cc2)c1. The molecule has 1 saturated heterocycles. The van der Waals surface area contributed by atoms with Gasteiger partial charge in [-0.15, -0.1) is 0 Å². The molecule has 1 aliphatic rings. The normalized spacial score (nSPS) is 16.5. The molecule has 0 bridgehead atoms. The molecule has 1 aromatic heterocycles. The number of aliphatic hydroxyl groups is 1. The number of rotatable bonds is 9. The molecule has 0 spiro atoms. The first-order chi connectivity index (χ1) is 18.9. The van der Waals surface area contributed by atoms with E-state index in [4.69, 9.17) is 4.74 Å². The Morgan fingerprint density at radius 2 is 1.79 bits per heavy atom. The molecule has 1 fully saturated rings. The van der Waals surface area contributed by atoms with Gasteiger partial charge in [0.05, 0.1) is 17.9 Å². The predicted molar refractivity (Wildman–Crippen MR) is 146 cm³/mol. The third-order valence-electron chi connectivity index (χ3n) is 6.72. The monoisotopic (exact) mass is 523 g/mol. The van der Waals surface area contributed by atoms with Gasteiger partial charge in [-0.3, -0.25) is 9.59 Å². The number of phenolic OH excluding ortho intramolecular Hbond substituents is 1. The zero-order chi connectivity index (χ0) is 27.4. The number of ketones is 1. The fraction of sp³-hybridized carbons (Fsp3) is 0.194. The Kier molecular flexibility index (Phi) is 7.45. The highest BCUT2D eigenvalue weighted by atomic mass is 16.5. The molecule has 3 aromatic carbocycles. The van der Waals surface area contributed by atoms with Gasteiger partial charge in [-0.1, -0.05) is 42.0 Å². The topological polar surface area (TPSA) is 105 Å². The van der Waals surface area contributed by atoms with Crippen LogP contribution in [0.4, 0.5) is 0 Å². The lowest BCUT2D eigenvalue weighted by atomic mass is 9.95. The van der Waals surface area contributed by atoms with Crippen molar-refractivity contribution in [1.82, 2.24) is 14.5 Å². The van der Waals surface area contributed by atoms with Gasteiger partial charge in [0.15, 0.2) is 0 Å². The summed E-state index contributed by atoms with van der Waals surface area (Å²) >= 11 is 0. The number of carbonyl (C=O) groups excluding carboxylic acids is 2. The van der Waals surface area contributed by atoms with Gasteiger partial charge >= 0.3 is 0 Å². The molecule has 1 aliphatic heterocycles. The first-order valence-electron chi connectivity index (χ1n) is 12.7. The molecule has 0 saturated carbocycles. The molecule has 1 amide bonds. The zero-order valence-corrected chi connectivity index (χ0v) is 21.5. The number of nitrogens with zero attached hydrogens (tertiary/aromatic N) is 3. The standard InChI is InChI=1S/C31H29N3O5/c1-21-5-2-6-22(17-21)19-39-26-11-9-23(10-12-26)29(36)27-28(24-7-3-8-25(35)18-24)34(31(38)30(27)37)15-4-14-33-16-13-32-20-33/h2-3,5-13,16-18,20,28,35-36H,4,14-15,19H2,1H3/b29-27+. The van der Waals surface area contributed by atoms with Gasteiger partial charge < -0.3 is 24.4 Å². The van der Waals surface area contributed by atoms with E-state index < -0.39 is 17.7 Å². The van der Waals surface area contributed by atoms with Crippen LogP contribution in [0, 0.1) is 6.92 Å². The highest BCUT2D eigenvalue weighted by Gasteiger charge is 2.45. The first-order valence-corrected chi connectivity index (χ1v) is 12.7. The van der Waals surface area contributed by atoms with E-state index in [2.05, 4.69) is 11.1 Å². The number of aliphatic hydroxyl groups excluding tert-OH is 1. The number of ether oxygens (including phenoxy) is 1. The van der Waals surface area contributed by atoms with E-state index in [1.165, 1.54) is 17.0 Å². The quantitative estimate of drug-likeness (QED) is 0.182. The van der Waals surface area contributed by atoms with Crippen molar-refractivity contribution in [2.45, 2.75) is 32.5 Å². The molecule has 5 rings (SSSR count). The number of aromatic nitrogens is 2. The van der Waals surface area contributed by atoms with Crippen LogP contribution in [0.5, 0.6) is 11.5 Å². The molecular weight excluding hydrogens is 494 g/mol. The third-order valence-corrected chi connectivity index (χ3v) is 6.72. The molecule has 1 atom stereocenters. The van der Waals surface area contributed by atoms with E-state index in [1.807, 2.05) is 35.9 Å². The number of hydrogen-bond donors (Lipinski definition) is 2. The summed E-state index contributed by atoms with van der Waals surface area (Å²) in [6.45, 7) is 3.31. The second-order valence-corrected chi connectivity index (χ2v) is 9.54. The summed E-state index contributed by atoms with van der Waals surface area (Å²) in [6, 6.07) is 20.4. The van der Waals surface area contributed by atoms with Crippen LogP contribution < -0.4 is 4.74 Å². The van der Waals surface area contributed by atoms with E-state index in [-0.39, 0.29) is 23.6 Å². The smallest absolute Gasteiger partial charge is 0.295 e. The van der Waals surface area contributed by atoms with Crippen LogP contribution in [0.1, 0.15) is 34.7 Å². The fourth-order valence-electron chi connectivity index (χ4n) is 4.83. The summed E-state index contributed by atoms with van der Waals surface area (Å²) < 4.78 is 7.77. The molecule has 8 heteroatoms. The molecule has 2 heterocycles. The number of phenols is 1. The second-order valence-electron chi connectivity index (χ2n) is 9.54. The molecular formula is C31H29N3O5. The molecule has 198 valence electrons. The van der Waals surface area contributed by atoms with Crippen LogP contribution >= 0.6 is 0 Å². The van der Waals surface area contributed by atoms with Crippen LogP contribution in [0.15, 0.2) is 97.1 Å². The lowest BCUT2D eigenvalue weighted by molar-refractivity contribution is -0.139. The maximum atomic E-state index is 13.2. The number of imidazole rings is 1. The van der Waals surface area contributed by atoms with Crippen molar-refractivity contribution >= 4 is 17.4 Å². The Hall–Kier alpha value is -4.85. The van der Waals surface area contributed by atoms with Crippen LogP contribution in [-0.4, -0.2) is 42.9 Å². The van der Waals surface area contributed by atoms with Gasteiger partial charge in [-0.05, 0) is 60.9 Å². The van der Waals surface area contributed by atoms with Gasteiger partial charge in [0, 0.05) is 31.0 Å². The molecule has 1 unspecified atom stereocenters. The van der Waals surface area contributed by atoms with Crippen LogP contribution in [-0.2, 0) is 22.7 Å². The van der Waals surface area contributed by atoms with Crippen molar-refractivity contribution in [2.24, 2.45) is 0 Å². The number of aromatic hydroxyl groups is 1. The van der Waals surface area contributed by atoms with Gasteiger partial charge in [0.2, 0.25) is 0 Å². The Bertz CT molecular complexity index is 1510. The third kappa shape index (κ3) is 5.70. The number of amides is 1. The first kappa shape index (κ1) is 25.8. The maximum Gasteiger partial charge on any atom is 0.295 e. The highest BCUT2D eigenvalue weighted by molar-refractivity contribution is 6.46. The van der Waals surface area contributed by atoms with E-state index in [1.54, 1.807) is 48.9 Å². The zero-order valence-electron chi connectivity index (χ0n) is 21.5. The largest absolute Gasteiger partial charge is 0.508 e. The summed E-state index contributed by atoms with van der Waals surface area (Å²) in [5, 5.41) is 21.4. The number of likely N-dealkylation sites (tertiary alicyclic amines) is 1. The van der Waals surface area contributed by atoms with Gasteiger partial charge in [-0.2, -0.15) is 0 Å². The van der Waals surface area contributed by atoms with Gasteiger partial charge in [0.1, 0.15) is 23.9 Å². The Morgan fingerprint density at radius 1 is 1.00 bits per heavy atom. The summed E-state index contributed by atoms with van der Waals surface area (Å²) in [5.41, 5.74) is 3.11. The van der Waals surface area contributed by atoms with Crippen LogP contribution in [0.25, 0.3) is 5.76 Å². The van der Waals surface area contributed by atoms with Gasteiger partial charge in [0.25, 0.3) is 11.7 Å².